The second kappa shape index (κ2) is 6.73. The van der Waals surface area contributed by atoms with Crippen LogP contribution >= 0.6 is 0 Å². The third-order valence-corrected chi connectivity index (χ3v) is 12.1. The van der Waals surface area contributed by atoms with Gasteiger partial charge in [0, 0.05) is 22.3 Å². The summed E-state index contributed by atoms with van der Waals surface area (Å²) in [4.78, 5) is 27.3. The minimum absolute atomic E-state index is 0.0130. The highest BCUT2D eigenvalue weighted by Gasteiger charge is 2.69. The molecule has 4 heteroatoms. The highest BCUT2D eigenvalue weighted by molar-refractivity contribution is 6.04. The Morgan fingerprint density at radius 2 is 1.62 bits per heavy atom. The number of hydrogen-bond acceptors (Lipinski definition) is 4. The molecule has 8 atom stereocenters. The quantitative estimate of drug-likeness (QED) is 0.484. The van der Waals surface area contributed by atoms with E-state index in [4.69, 9.17) is 5.73 Å². The maximum Gasteiger partial charge on any atom is 0.178 e. The fourth-order valence-corrected chi connectivity index (χ4v) is 9.75. The van der Waals surface area contributed by atoms with E-state index in [-0.39, 0.29) is 50.8 Å². The molecule has 0 spiro atoms. The molecule has 0 heterocycles. The summed E-state index contributed by atoms with van der Waals surface area (Å²) in [5.74, 6) is 0.587. The van der Waals surface area contributed by atoms with E-state index in [1.165, 1.54) is 5.57 Å². The molecule has 5 aliphatic carbocycles. The van der Waals surface area contributed by atoms with E-state index >= 15 is 0 Å². The van der Waals surface area contributed by atoms with Gasteiger partial charge >= 0.3 is 0 Å². The molecule has 34 heavy (non-hydrogen) atoms. The molecule has 4 nitrogen and oxygen atoms in total. The average molecular weight is 463 g/mol. The first-order valence-corrected chi connectivity index (χ1v) is 13.3. The standard InChI is InChI=1S/C30H42N2O2/c1-25(2)21-8-9-29(6)22(28(21,5)15-18(17-31)24(25)34)14-20(33)23-19-16-27(4,32)12-10-26(19,3)11-13-30(23,29)7/h14-15,19,21,23H,8-13,16,32H2,1-7H3/t19-,21-,23-,26+,27-,28-,29+,30+/m0/s1. The Hall–Kier alpha value is -1.73. The van der Waals surface area contributed by atoms with E-state index in [2.05, 4.69) is 40.7 Å². The van der Waals surface area contributed by atoms with Crippen LogP contribution in [-0.4, -0.2) is 17.1 Å². The van der Waals surface area contributed by atoms with Crippen molar-refractivity contribution in [3.05, 3.63) is 23.3 Å². The van der Waals surface area contributed by atoms with Crippen molar-refractivity contribution in [2.75, 3.05) is 0 Å². The lowest BCUT2D eigenvalue weighted by molar-refractivity contribution is -0.165. The van der Waals surface area contributed by atoms with Crippen LogP contribution in [0.25, 0.3) is 0 Å². The predicted molar refractivity (Wildman–Crippen MR) is 133 cm³/mol. The molecule has 5 aliphatic rings. The summed E-state index contributed by atoms with van der Waals surface area (Å²) >= 11 is 0. The number of hydrogen-bond donors (Lipinski definition) is 1. The molecule has 0 bridgehead atoms. The van der Waals surface area contributed by atoms with Gasteiger partial charge in [0.15, 0.2) is 11.6 Å². The molecule has 0 aromatic rings. The monoisotopic (exact) mass is 462 g/mol. The number of fused-ring (bicyclic) bond motifs is 7. The van der Waals surface area contributed by atoms with Crippen molar-refractivity contribution in [2.24, 2.45) is 50.6 Å². The third kappa shape index (κ3) is 2.74. The van der Waals surface area contributed by atoms with Crippen molar-refractivity contribution >= 4 is 11.6 Å². The zero-order valence-corrected chi connectivity index (χ0v) is 22.2. The van der Waals surface area contributed by atoms with Gasteiger partial charge in [-0.25, -0.2) is 0 Å². The van der Waals surface area contributed by atoms with Gasteiger partial charge in [-0.15, -0.1) is 0 Å². The molecule has 3 fully saturated rings. The number of nitriles is 1. The highest BCUT2D eigenvalue weighted by atomic mass is 16.1. The van der Waals surface area contributed by atoms with Gasteiger partial charge in [0.25, 0.3) is 0 Å². The largest absolute Gasteiger partial charge is 0.325 e. The first-order chi connectivity index (χ1) is 15.6. The maximum atomic E-state index is 14.2. The van der Waals surface area contributed by atoms with Gasteiger partial charge < -0.3 is 5.73 Å². The number of Topliss-reactive ketones (excluding diaryl/α,β-unsaturated/α-hetero) is 1. The summed E-state index contributed by atoms with van der Waals surface area (Å²) < 4.78 is 0. The molecule has 2 N–H and O–H groups in total. The predicted octanol–water partition coefficient (Wildman–Crippen LogP) is 5.92. The van der Waals surface area contributed by atoms with Crippen LogP contribution in [-0.2, 0) is 9.59 Å². The maximum absolute atomic E-state index is 14.2. The van der Waals surface area contributed by atoms with Gasteiger partial charge in [0.2, 0.25) is 0 Å². The van der Waals surface area contributed by atoms with Crippen molar-refractivity contribution in [3.8, 4) is 6.07 Å². The van der Waals surface area contributed by atoms with Crippen LogP contribution in [0.15, 0.2) is 23.3 Å². The van der Waals surface area contributed by atoms with Crippen LogP contribution in [0.4, 0.5) is 0 Å². The molecule has 0 saturated heterocycles. The molecule has 0 unspecified atom stereocenters. The summed E-state index contributed by atoms with van der Waals surface area (Å²) in [6.45, 7) is 15.5. The third-order valence-electron chi connectivity index (χ3n) is 12.1. The fraction of sp³-hybridized carbons (Fsp3) is 0.767. The second-order valence-electron chi connectivity index (χ2n) is 14.4. The van der Waals surface area contributed by atoms with Crippen molar-refractivity contribution < 1.29 is 9.59 Å². The Morgan fingerprint density at radius 3 is 2.26 bits per heavy atom. The van der Waals surface area contributed by atoms with Gasteiger partial charge in [-0.1, -0.05) is 53.2 Å². The Balaban J connectivity index is 1.69. The Labute approximate surface area is 205 Å². The number of nitrogens with two attached hydrogens (primary N) is 1. The van der Waals surface area contributed by atoms with E-state index in [0.717, 1.165) is 44.9 Å². The van der Waals surface area contributed by atoms with Crippen LogP contribution < -0.4 is 5.73 Å². The lowest BCUT2D eigenvalue weighted by Crippen LogP contribution is -2.65. The minimum atomic E-state index is -0.618. The van der Waals surface area contributed by atoms with Crippen molar-refractivity contribution in [1.29, 1.82) is 5.26 Å². The number of ketones is 2. The number of carbonyl (C=O) groups is 2. The number of nitrogens with zero attached hydrogens (tertiary/aromatic N) is 1. The van der Waals surface area contributed by atoms with Crippen molar-refractivity contribution in [1.82, 2.24) is 0 Å². The van der Waals surface area contributed by atoms with Gasteiger partial charge in [-0.05, 0) is 86.0 Å². The molecule has 0 radical (unpaired) electrons. The average Bonchev–Trinajstić information content (AvgIpc) is 2.74. The van der Waals surface area contributed by atoms with E-state index in [1.54, 1.807) is 0 Å². The van der Waals surface area contributed by atoms with Crippen LogP contribution in [0.3, 0.4) is 0 Å². The summed E-state index contributed by atoms with van der Waals surface area (Å²) in [6, 6.07) is 2.19. The molecular weight excluding hydrogens is 420 g/mol. The molecule has 0 aliphatic heterocycles. The van der Waals surface area contributed by atoms with Crippen molar-refractivity contribution in [3.63, 3.8) is 0 Å². The lowest BCUT2D eigenvalue weighted by Gasteiger charge is -2.69. The van der Waals surface area contributed by atoms with Crippen molar-refractivity contribution in [2.45, 2.75) is 99.0 Å². The molecule has 0 amide bonds. The first kappa shape index (κ1) is 24.0. The second-order valence-corrected chi connectivity index (χ2v) is 14.4. The Kier molecular flexibility index (Phi) is 4.74. The molecular formula is C30H42N2O2. The molecule has 3 saturated carbocycles. The molecule has 184 valence electrons. The molecule has 0 aromatic carbocycles. The van der Waals surface area contributed by atoms with Gasteiger partial charge in [-0.3, -0.25) is 9.59 Å². The van der Waals surface area contributed by atoms with Gasteiger partial charge in [0.05, 0.1) is 5.57 Å². The summed E-state index contributed by atoms with van der Waals surface area (Å²) in [5, 5.41) is 9.82. The zero-order chi connectivity index (χ0) is 25.1. The molecule has 5 rings (SSSR count). The van der Waals surface area contributed by atoms with Gasteiger partial charge in [0.1, 0.15) is 6.07 Å². The van der Waals surface area contributed by atoms with E-state index < -0.39 is 10.8 Å². The first-order valence-electron chi connectivity index (χ1n) is 13.3. The van der Waals surface area contributed by atoms with Crippen LogP contribution in [0.5, 0.6) is 0 Å². The summed E-state index contributed by atoms with van der Waals surface area (Å²) in [6.07, 6.45) is 11.0. The Bertz CT molecular complexity index is 1090. The lowest BCUT2D eigenvalue weighted by atomic mass is 9.34. The van der Waals surface area contributed by atoms with Crippen LogP contribution in [0.2, 0.25) is 0 Å². The smallest absolute Gasteiger partial charge is 0.178 e. The topological polar surface area (TPSA) is 84.0 Å². The summed E-state index contributed by atoms with van der Waals surface area (Å²) in [5.41, 5.74) is 6.72. The van der Waals surface area contributed by atoms with E-state index in [0.29, 0.717) is 5.92 Å². The fourth-order valence-electron chi connectivity index (χ4n) is 9.75. The summed E-state index contributed by atoms with van der Waals surface area (Å²) in [7, 11) is 0. The zero-order valence-electron chi connectivity index (χ0n) is 22.2. The number of allylic oxidation sites excluding steroid dienone is 4. The number of rotatable bonds is 0. The van der Waals surface area contributed by atoms with E-state index in [1.807, 2.05) is 26.0 Å². The SMILES string of the molecule is CC1(C)C(=O)C(C#N)=C[C@]2(C)C3=CC(=O)[C@@H]4[C@@H]5C[C@@](C)(N)CC[C@]5(C)CC[C@@]4(C)[C@]3(C)CC[C@@H]12. The van der Waals surface area contributed by atoms with Gasteiger partial charge in [-0.2, -0.15) is 5.26 Å². The van der Waals surface area contributed by atoms with Crippen LogP contribution in [0.1, 0.15) is 93.4 Å². The van der Waals surface area contributed by atoms with E-state index in [9.17, 15) is 14.9 Å². The molecule has 0 aromatic heterocycles. The highest BCUT2D eigenvalue weighted by Crippen LogP contribution is 2.74. The van der Waals surface area contributed by atoms with Crippen LogP contribution in [0, 0.1) is 56.2 Å². The minimum Gasteiger partial charge on any atom is -0.325 e. The normalized spacial score (nSPS) is 51.7. The number of carbonyl (C=O) groups excluding carboxylic acids is 2. The Morgan fingerprint density at radius 1 is 0.971 bits per heavy atom.